The van der Waals surface area contributed by atoms with Crippen LogP contribution in [0.2, 0.25) is 5.02 Å². The van der Waals surface area contributed by atoms with Gasteiger partial charge < -0.3 is 36.0 Å². The Morgan fingerprint density at radius 3 is 2.45 bits per heavy atom. The number of aliphatic hydroxyl groups is 4. The number of nitrogens with zero attached hydrogens (tertiary/aromatic N) is 1. The van der Waals surface area contributed by atoms with Gasteiger partial charge in [-0.1, -0.05) is 11.6 Å². The highest BCUT2D eigenvalue weighted by Crippen LogP contribution is 2.54. The van der Waals surface area contributed by atoms with Crippen LogP contribution >= 0.6 is 11.6 Å². The molecule has 7 N–H and O–H groups in total. The van der Waals surface area contributed by atoms with Crippen LogP contribution in [0, 0.1) is 11.8 Å². The molecule has 1 heterocycles. The maximum Gasteiger partial charge on any atom is 0.351 e. The number of Topliss-reactive ketones (excluding diaryl/α,β-unsaturated/α-hetero) is 1. The summed E-state index contributed by atoms with van der Waals surface area (Å²) in [6, 6.07) is 1.15. The van der Waals surface area contributed by atoms with Crippen molar-refractivity contribution in [3.8, 4) is 5.75 Å². The Balaban J connectivity index is 1.98. The fourth-order valence-corrected chi connectivity index (χ4v) is 5.27. The number of hydrogen-bond acceptors (Lipinski definition) is 10. The SMILES string of the molecule is CN(C)[C@@H]1C(=O)C(C(N)=O)=C(O)[C@@]2(O)C(=O)OC3=C(O)c4c(O)ccc(Cl)c4[C@@H](O)[C@H]3C[C@@H]12. The van der Waals surface area contributed by atoms with E-state index in [1.165, 1.54) is 31.1 Å². The van der Waals surface area contributed by atoms with Crippen LogP contribution in [0.25, 0.3) is 5.76 Å². The summed E-state index contributed by atoms with van der Waals surface area (Å²) in [5.74, 6) is -9.31. The molecule has 1 fully saturated rings. The molecule has 1 aromatic carbocycles. The number of carbonyl (C=O) groups is 3. The predicted octanol–water partition coefficient (Wildman–Crippen LogP) is 0.0399. The first-order valence-corrected chi connectivity index (χ1v) is 10.2. The second kappa shape index (κ2) is 7.45. The van der Waals surface area contributed by atoms with Crippen molar-refractivity contribution in [1.29, 1.82) is 0 Å². The Morgan fingerprint density at radius 2 is 1.88 bits per heavy atom. The minimum Gasteiger partial charge on any atom is -0.508 e. The van der Waals surface area contributed by atoms with Crippen molar-refractivity contribution < 1.29 is 44.7 Å². The van der Waals surface area contributed by atoms with Gasteiger partial charge in [0.05, 0.1) is 23.6 Å². The summed E-state index contributed by atoms with van der Waals surface area (Å²) in [7, 11) is 2.91. The second-order valence-electron chi connectivity index (χ2n) is 8.48. The maximum absolute atomic E-state index is 13.1. The Labute approximate surface area is 191 Å². The van der Waals surface area contributed by atoms with Crippen LogP contribution in [-0.2, 0) is 19.1 Å². The number of likely N-dealkylation sites (N-methyl/N-ethyl adjacent to an activating group) is 1. The minimum atomic E-state index is -2.89. The highest BCUT2D eigenvalue weighted by molar-refractivity contribution is 6.31. The van der Waals surface area contributed by atoms with Crippen molar-refractivity contribution in [1.82, 2.24) is 4.90 Å². The van der Waals surface area contributed by atoms with Gasteiger partial charge in [0.1, 0.15) is 11.3 Å². The molecule has 1 aromatic rings. The number of carbonyl (C=O) groups excluding carboxylic acids is 3. The largest absolute Gasteiger partial charge is 0.508 e. The van der Waals surface area contributed by atoms with Crippen molar-refractivity contribution in [3.05, 3.63) is 45.4 Å². The molecule has 4 rings (SSSR count). The van der Waals surface area contributed by atoms with Crippen molar-refractivity contribution >= 4 is 35.0 Å². The summed E-state index contributed by atoms with van der Waals surface area (Å²) < 4.78 is 5.23. The number of fused-ring (bicyclic) bond motifs is 3. The lowest BCUT2D eigenvalue weighted by atomic mass is 9.66. The molecule has 2 aliphatic carbocycles. The van der Waals surface area contributed by atoms with E-state index in [1.807, 2.05) is 0 Å². The van der Waals surface area contributed by atoms with E-state index in [9.17, 15) is 39.9 Å². The van der Waals surface area contributed by atoms with Crippen LogP contribution in [0.5, 0.6) is 5.75 Å². The average molecular weight is 481 g/mol. The van der Waals surface area contributed by atoms with Gasteiger partial charge in [0.25, 0.3) is 5.91 Å². The van der Waals surface area contributed by atoms with E-state index in [2.05, 4.69) is 0 Å². The summed E-state index contributed by atoms with van der Waals surface area (Å²) in [6.07, 6.45) is -1.89. The summed E-state index contributed by atoms with van der Waals surface area (Å²) in [5.41, 5.74) is 1.10. The quantitative estimate of drug-likeness (QED) is 0.249. The van der Waals surface area contributed by atoms with Gasteiger partial charge in [-0.25, -0.2) is 4.79 Å². The van der Waals surface area contributed by atoms with E-state index < -0.39 is 75.8 Å². The van der Waals surface area contributed by atoms with Crippen molar-refractivity contribution in [2.75, 3.05) is 14.1 Å². The number of phenolic OH excluding ortho intramolecular Hbond substituents is 1. The molecule has 0 spiro atoms. The number of ether oxygens (including phenoxy) is 1. The number of esters is 1. The Hall–Kier alpha value is -3.12. The molecule has 176 valence electrons. The minimum absolute atomic E-state index is 0.00868. The predicted molar refractivity (Wildman–Crippen MR) is 112 cm³/mol. The average Bonchev–Trinajstić information content (AvgIpc) is 2.84. The molecule has 12 heteroatoms. The molecule has 1 amide bonds. The van der Waals surface area contributed by atoms with Crippen molar-refractivity contribution in [3.63, 3.8) is 0 Å². The lowest BCUT2D eigenvalue weighted by Gasteiger charge is -2.43. The molecule has 1 aliphatic heterocycles. The highest BCUT2D eigenvalue weighted by Gasteiger charge is 2.64. The van der Waals surface area contributed by atoms with E-state index in [-0.39, 0.29) is 22.6 Å². The molecule has 3 aliphatic rings. The number of nitrogens with two attached hydrogens (primary N) is 1. The van der Waals surface area contributed by atoms with Crippen molar-refractivity contribution in [2.45, 2.75) is 24.2 Å². The summed E-state index contributed by atoms with van der Waals surface area (Å²) in [4.78, 5) is 39.4. The summed E-state index contributed by atoms with van der Waals surface area (Å²) in [5, 5.41) is 54.2. The number of ketones is 1. The smallest absolute Gasteiger partial charge is 0.351 e. The fourth-order valence-electron chi connectivity index (χ4n) is 5.00. The van der Waals surface area contributed by atoms with Gasteiger partial charge in [-0.2, -0.15) is 0 Å². The van der Waals surface area contributed by atoms with E-state index in [4.69, 9.17) is 22.1 Å². The third-order valence-electron chi connectivity index (χ3n) is 6.51. The van der Waals surface area contributed by atoms with E-state index in [0.717, 1.165) is 0 Å². The zero-order valence-electron chi connectivity index (χ0n) is 17.4. The third-order valence-corrected chi connectivity index (χ3v) is 6.84. The second-order valence-corrected chi connectivity index (χ2v) is 8.89. The number of rotatable bonds is 2. The number of phenols is 1. The van der Waals surface area contributed by atoms with Crippen LogP contribution in [0.4, 0.5) is 0 Å². The van der Waals surface area contributed by atoms with E-state index >= 15 is 0 Å². The molecule has 0 radical (unpaired) electrons. The number of benzene rings is 1. The first-order valence-electron chi connectivity index (χ1n) is 9.85. The number of aliphatic hydroxyl groups excluding tert-OH is 3. The normalized spacial score (nSPS) is 31.6. The van der Waals surface area contributed by atoms with Gasteiger partial charge in [-0.05, 0) is 32.6 Å². The molecule has 0 saturated carbocycles. The van der Waals surface area contributed by atoms with Gasteiger partial charge in [0, 0.05) is 16.5 Å². The van der Waals surface area contributed by atoms with Gasteiger partial charge >= 0.3 is 5.97 Å². The maximum atomic E-state index is 13.1. The van der Waals surface area contributed by atoms with E-state index in [0.29, 0.717) is 0 Å². The lowest BCUT2D eigenvalue weighted by molar-refractivity contribution is -0.169. The third kappa shape index (κ3) is 2.97. The molecule has 5 atom stereocenters. The molecular formula is C21H21ClN2O9. The van der Waals surface area contributed by atoms with Crippen LogP contribution in [-0.4, -0.2) is 73.8 Å². The van der Waals surface area contributed by atoms with Gasteiger partial charge in [0.2, 0.25) is 5.60 Å². The molecule has 0 unspecified atom stereocenters. The Kier molecular flexibility index (Phi) is 5.21. The molecule has 33 heavy (non-hydrogen) atoms. The molecule has 0 bridgehead atoms. The molecule has 1 saturated heterocycles. The number of hydrogen-bond donors (Lipinski definition) is 6. The summed E-state index contributed by atoms with van der Waals surface area (Å²) >= 11 is 6.20. The fraction of sp³-hybridized carbons (Fsp3) is 0.381. The molecule has 11 nitrogen and oxygen atoms in total. The zero-order chi connectivity index (χ0) is 24.6. The highest BCUT2D eigenvalue weighted by atomic mass is 35.5. The monoisotopic (exact) mass is 480 g/mol. The topological polar surface area (TPSA) is 191 Å². The lowest BCUT2D eigenvalue weighted by Crippen LogP contribution is -2.62. The molecule has 0 aromatic heterocycles. The van der Waals surface area contributed by atoms with Gasteiger partial charge in [-0.15, -0.1) is 0 Å². The first-order chi connectivity index (χ1) is 15.3. The standard InChI is InChI=1S/C21H21ClN2O9/c1-24(2)13-7-5-6-14(26)10-8(22)3-4-9(25)11(10)16(28)17(6)33-20(31)21(7,32)18(29)12(15(13)27)19(23)30/h3-4,6-7,13-14,25-26,28-29,32H,5H2,1-2H3,(H2,23,30)/t6-,7+,13+,14+,21-/m1/s1. The van der Waals surface area contributed by atoms with Crippen molar-refractivity contribution in [2.24, 2.45) is 17.6 Å². The van der Waals surface area contributed by atoms with E-state index in [1.54, 1.807) is 0 Å². The van der Waals surface area contributed by atoms with Crippen LogP contribution < -0.4 is 5.73 Å². The van der Waals surface area contributed by atoms with Crippen LogP contribution in [0.15, 0.2) is 29.2 Å². The number of primary amides is 1. The number of halogens is 1. The number of aromatic hydroxyl groups is 1. The Morgan fingerprint density at radius 1 is 1.24 bits per heavy atom. The van der Waals surface area contributed by atoms with Gasteiger partial charge in [-0.3, -0.25) is 14.5 Å². The number of amides is 1. The Bertz CT molecular complexity index is 1170. The summed E-state index contributed by atoms with van der Waals surface area (Å²) in [6.45, 7) is 0. The van der Waals surface area contributed by atoms with Crippen LogP contribution in [0.1, 0.15) is 23.7 Å². The zero-order valence-corrected chi connectivity index (χ0v) is 18.2. The van der Waals surface area contributed by atoms with Gasteiger partial charge in [0.15, 0.2) is 23.1 Å². The van der Waals surface area contributed by atoms with Crippen LogP contribution in [0.3, 0.4) is 0 Å². The first kappa shape index (κ1) is 23.1. The molecular weight excluding hydrogens is 460 g/mol.